The van der Waals surface area contributed by atoms with E-state index in [2.05, 4.69) is 16.7 Å². The van der Waals surface area contributed by atoms with Gasteiger partial charge in [-0.05, 0) is 12.8 Å². The fourth-order valence-electron chi connectivity index (χ4n) is 0.585. The van der Waals surface area contributed by atoms with Crippen molar-refractivity contribution in [3.05, 3.63) is 0 Å². The average Bonchev–Trinajstić information content (AvgIpc) is 2.04. The summed E-state index contributed by atoms with van der Waals surface area (Å²) >= 11 is 0. The van der Waals surface area contributed by atoms with Crippen molar-refractivity contribution in [3.63, 3.8) is 0 Å². The number of rotatable bonds is 6. The molecule has 0 aromatic rings. The SMILES string of the molecule is C#CCCCCOP(=C)([O-])OC. The van der Waals surface area contributed by atoms with Crippen LogP contribution in [0.15, 0.2) is 0 Å². The van der Waals surface area contributed by atoms with E-state index in [0.717, 1.165) is 19.3 Å². The van der Waals surface area contributed by atoms with Gasteiger partial charge in [-0.2, -0.15) is 0 Å². The maximum Gasteiger partial charge on any atom is 0.0521 e. The molecular formula is C8H14O3P-. The summed E-state index contributed by atoms with van der Waals surface area (Å²) in [5.41, 5.74) is 0. The molecule has 0 saturated heterocycles. The Kier molecular flexibility index (Phi) is 6.14. The quantitative estimate of drug-likeness (QED) is 0.355. The average molecular weight is 189 g/mol. The van der Waals surface area contributed by atoms with Crippen molar-refractivity contribution in [2.24, 2.45) is 0 Å². The number of hydrogen-bond acceptors (Lipinski definition) is 3. The van der Waals surface area contributed by atoms with Crippen molar-refractivity contribution in [3.8, 4) is 12.3 Å². The standard InChI is InChI=1S/C8H14O3P/c1-4-5-6-7-8-11-12(3,9)10-2/h1H,3,5-8H2,2H3/q-1. The van der Waals surface area contributed by atoms with E-state index in [9.17, 15) is 4.89 Å². The van der Waals surface area contributed by atoms with Crippen molar-refractivity contribution in [1.82, 2.24) is 0 Å². The van der Waals surface area contributed by atoms with E-state index in [0.29, 0.717) is 6.61 Å². The highest BCUT2D eigenvalue weighted by atomic mass is 31.2. The second-order valence-corrected chi connectivity index (χ2v) is 4.13. The van der Waals surface area contributed by atoms with Gasteiger partial charge in [0.25, 0.3) is 0 Å². The van der Waals surface area contributed by atoms with Crippen LogP contribution in [-0.4, -0.2) is 20.0 Å². The Bertz CT molecular complexity index is 195. The van der Waals surface area contributed by atoms with Crippen LogP contribution in [0, 0.1) is 12.3 Å². The zero-order chi connectivity index (χ0) is 9.45. The molecule has 0 aliphatic heterocycles. The Morgan fingerprint density at radius 3 is 2.75 bits per heavy atom. The van der Waals surface area contributed by atoms with E-state index in [1.807, 2.05) is 0 Å². The molecule has 0 N–H and O–H groups in total. The van der Waals surface area contributed by atoms with E-state index in [1.165, 1.54) is 7.11 Å². The Morgan fingerprint density at radius 1 is 1.58 bits per heavy atom. The minimum absolute atomic E-state index is 0.385. The second kappa shape index (κ2) is 6.28. The van der Waals surface area contributed by atoms with Crippen LogP contribution in [0.3, 0.4) is 0 Å². The van der Waals surface area contributed by atoms with Gasteiger partial charge in [0.1, 0.15) is 0 Å². The maximum atomic E-state index is 11.0. The minimum atomic E-state index is -3.02. The molecule has 4 heteroatoms. The molecule has 0 aliphatic carbocycles. The molecule has 1 unspecified atom stereocenters. The largest absolute Gasteiger partial charge is 0.789 e. The van der Waals surface area contributed by atoms with Crippen LogP contribution in [0.4, 0.5) is 0 Å². The van der Waals surface area contributed by atoms with Gasteiger partial charge >= 0.3 is 0 Å². The smallest absolute Gasteiger partial charge is 0.0521 e. The first-order valence-electron chi connectivity index (χ1n) is 3.70. The van der Waals surface area contributed by atoms with Gasteiger partial charge < -0.3 is 13.9 Å². The molecule has 1 atom stereocenters. The van der Waals surface area contributed by atoms with Crippen LogP contribution in [-0.2, 0) is 9.05 Å². The van der Waals surface area contributed by atoms with Crippen molar-refractivity contribution in [2.75, 3.05) is 13.7 Å². The summed E-state index contributed by atoms with van der Waals surface area (Å²) in [4.78, 5) is 11.0. The second-order valence-electron chi connectivity index (χ2n) is 2.29. The Balaban J connectivity index is 3.33. The summed E-state index contributed by atoms with van der Waals surface area (Å²) in [5.74, 6) is 2.51. The lowest BCUT2D eigenvalue weighted by atomic mass is 10.2. The number of unbranched alkanes of at least 4 members (excludes halogenated alkanes) is 2. The lowest BCUT2D eigenvalue weighted by Gasteiger charge is -2.27. The molecule has 3 nitrogen and oxygen atoms in total. The molecule has 0 amide bonds. The van der Waals surface area contributed by atoms with Crippen LogP contribution in [0.5, 0.6) is 0 Å². The molecule has 0 aromatic heterocycles. The van der Waals surface area contributed by atoms with Crippen LogP contribution in [0.2, 0.25) is 0 Å². The van der Waals surface area contributed by atoms with E-state index < -0.39 is 7.57 Å². The molecule has 0 saturated carbocycles. The van der Waals surface area contributed by atoms with Gasteiger partial charge in [-0.3, -0.25) is 0 Å². The van der Waals surface area contributed by atoms with Crippen molar-refractivity contribution in [1.29, 1.82) is 0 Å². The highest BCUT2D eigenvalue weighted by Gasteiger charge is 1.96. The molecule has 0 spiro atoms. The van der Waals surface area contributed by atoms with Crippen LogP contribution < -0.4 is 4.89 Å². The molecule has 0 bridgehead atoms. The fraction of sp³-hybridized carbons (Fsp3) is 0.625. The molecule has 70 valence electrons. The predicted molar refractivity (Wildman–Crippen MR) is 49.7 cm³/mol. The topological polar surface area (TPSA) is 41.5 Å². The molecule has 0 aromatic carbocycles. The summed E-state index contributed by atoms with van der Waals surface area (Å²) in [6.45, 7) is 0.385. The van der Waals surface area contributed by atoms with E-state index in [-0.39, 0.29) is 0 Å². The number of terminal acetylenes is 1. The zero-order valence-corrected chi connectivity index (χ0v) is 8.18. The van der Waals surface area contributed by atoms with Gasteiger partial charge in [0, 0.05) is 21.1 Å². The molecular weight excluding hydrogens is 175 g/mol. The molecule has 0 heterocycles. The normalized spacial score (nSPS) is 15.1. The predicted octanol–water partition coefficient (Wildman–Crippen LogP) is 1.01. The summed E-state index contributed by atoms with van der Waals surface area (Å²) in [6, 6.07) is 0. The molecule has 0 fully saturated rings. The fourth-order valence-corrected chi connectivity index (χ4v) is 1.10. The first-order valence-corrected chi connectivity index (χ1v) is 5.43. The first-order chi connectivity index (χ1) is 5.62. The highest BCUT2D eigenvalue weighted by Crippen LogP contribution is 2.36. The summed E-state index contributed by atoms with van der Waals surface area (Å²) in [6.07, 6.45) is 10.7. The lowest BCUT2D eigenvalue weighted by molar-refractivity contribution is -0.205. The zero-order valence-electron chi connectivity index (χ0n) is 7.28. The van der Waals surface area contributed by atoms with Crippen molar-refractivity contribution >= 4 is 13.9 Å². The third kappa shape index (κ3) is 6.45. The maximum absolute atomic E-state index is 11.0. The van der Waals surface area contributed by atoms with Crippen LogP contribution >= 0.6 is 7.57 Å². The Hall–Kier alpha value is -0.260. The van der Waals surface area contributed by atoms with Gasteiger partial charge in [-0.25, -0.2) is 0 Å². The highest BCUT2D eigenvalue weighted by molar-refractivity contribution is 7.57. The Labute approximate surface area is 73.9 Å². The third-order valence-electron chi connectivity index (χ3n) is 1.28. The van der Waals surface area contributed by atoms with Gasteiger partial charge in [-0.1, -0.05) is 6.30 Å². The minimum Gasteiger partial charge on any atom is -0.789 e. The van der Waals surface area contributed by atoms with Crippen LogP contribution in [0.1, 0.15) is 19.3 Å². The number of hydrogen-bond donors (Lipinski definition) is 0. The Morgan fingerprint density at radius 2 is 2.25 bits per heavy atom. The molecule has 12 heavy (non-hydrogen) atoms. The van der Waals surface area contributed by atoms with Gasteiger partial charge in [0.2, 0.25) is 0 Å². The summed E-state index contributed by atoms with van der Waals surface area (Å²) < 4.78 is 9.40. The molecule has 0 radical (unpaired) electrons. The third-order valence-corrected chi connectivity index (χ3v) is 2.41. The van der Waals surface area contributed by atoms with E-state index in [4.69, 9.17) is 10.9 Å². The van der Waals surface area contributed by atoms with Crippen LogP contribution in [0.25, 0.3) is 0 Å². The first kappa shape index (κ1) is 11.7. The molecule has 0 aliphatic rings. The lowest BCUT2D eigenvalue weighted by Crippen LogP contribution is -2.07. The van der Waals surface area contributed by atoms with Gasteiger partial charge in [0.05, 0.1) is 6.61 Å². The van der Waals surface area contributed by atoms with Gasteiger partial charge in [-0.15, -0.1) is 12.3 Å². The van der Waals surface area contributed by atoms with Crippen molar-refractivity contribution in [2.45, 2.75) is 19.3 Å². The molecule has 0 rings (SSSR count). The van der Waals surface area contributed by atoms with E-state index >= 15 is 0 Å². The monoisotopic (exact) mass is 189 g/mol. The van der Waals surface area contributed by atoms with Gasteiger partial charge in [0.15, 0.2) is 0 Å². The summed E-state index contributed by atoms with van der Waals surface area (Å²) in [5, 5.41) is 0. The summed E-state index contributed by atoms with van der Waals surface area (Å²) in [7, 11) is -1.71. The van der Waals surface area contributed by atoms with Crippen molar-refractivity contribution < 1.29 is 13.9 Å². The van der Waals surface area contributed by atoms with E-state index in [1.54, 1.807) is 0 Å².